The highest BCUT2D eigenvalue weighted by Gasteiger charge is 2.36. The van der Waals surface area contributed by atoms with E-state index in [2.05, 4.69) is 45.2 Å². The third-order valence-corrected chi connectivity index (χ3v) is 6.89. The molecule has 0 saturated carbocycles. The number of imide groups is 1. The Bertz CT molecular complexity index is 1160. The summed E-state index contributed by atoms with van der Waals surface area (Å²) >= 11 is 5.00. The van der Waals surface area contributed by atoms with Gasteiger partial charge in [0.15, 0.2) is 0 Å². The first kappa shape index (κ1) is 26.4. The van der Waals surface area contributed by atoms with Gasteiger partial charge in [0.2, 0.25) is 0 Å². The minimum atomic E-state index is -0.642. The topological polar surface area (TPSA) is 116 Å². The van der Waals surface area contributed by atoms with Crippen LogP contribution in [0.1, 0.15) is 25.0 Å². The average Bonchev–Trinajstić information content (AvgIpc) is 3.00. The SMILES string of the molecule is CC(C)OC(=O)CN1C(=O)S/C(=C/c2cc(I)c(OCc3ccc([N+](=O)[O-])cc3)c(I)c2)C1=O. The number of nitrogens with zero attached hydrogens (tertiary/aromatic N) is 2. The first-order chi connectivity index (χ1) is 16.0. The number of ether oxygens (including phenoxy) is 2. The van der Waals surface area contributed by atoms with E-state index in [0.29, 0.717) is 11.3 Å². The van der Waals surface area contributed by atoms with Crippen molar-refractivity contribution in [1.29, 1.82) is 0 Å². The highest BCUT2D eigenvalue weighted by molar-refractivity contribution is 14.1. The monoisotopic (exact) mass is 708 g/mol. The van der Waals surface area contributed by atoms with Gasteiger partial charge in [-0.1, -0.05) is 0 Å². The zero-order valence-corrected chi connectivity index (χ0v) is 23.1. The maximum Gasteiger partial charge on any atom is 0.326 e. The van der Waals surface area contributed by atoms with Gasteiger partial charge in [0, 0.05) is 12.1 Å². The lowest BCUT2D eigenvalue weighted by Crippen LogP contribution is -2.35. The Hall–Kier alpha value is -2.20. The zero-order valence-electron chi connectivity index (χ0n) is 17.9. The van der Waals surface area contributed by atoms with Gasteiger partial charge in [-0.05, 0) is 112 Å². The molecule has 34 heavy (non-hydrogen) atoms. The van der Waals surface area contributed by atoms with Crippen molar-refractivity contribution >= 4 is 85.8 Å². The number of non-ortho nitro benzene ring substituents is 1. The average molecular weight is 708 g/mol. The molecule has 2 aromatic rings. The van der Waals surface area contributed by atoms with Gasteiger partial charge in [-0.3, -0.25) is 29.4 Å². The maximum absolute atomic E-state index is 12.6. The summed E-state index contributed by atoms with van der Waals surface area (Å²) < 4.78 is 12.5. The molecule has 0 unspecified atom stereocenters. The number of hydrogen-bond donors (Lipinski definition) is 0. The van der Waals surface area contributed by atoms with E-state index in [1.54, 1.807) is 32.1 Å². The van der Waals surface area contributed by atoms with Crippen LogP contribution in [-0.2, 0) is 20.9 Å². The fourth-order valence-electron chi connectivity index (χ4n) is 2.89. The van der Waals surface area contributed by atoms with Gasteiger partial charge in [0.05, 0.1) is 23.1 Å². The molecular formula is C22H18I2N2O7S. The quantitative estimate of drug-likeness (QED) is 0.118. The van der Waals surface area contributed by atoms with Gasteiger partial charge >= 0.3 is 5.97 Å². The molecule has 0 spiro atoms. The van der Waals surface area contributed by atoms with E-state index in [0.717, 1.165) is 29.4 Å². The fraction of sp³-hybridized carbons (Fsp3) is 0.227. The summed E-state index contributed by atoms with van der Waals surface area (Å²) in [4.78, 5) is 48.1. The molecule has 0 bridgehead atoms. The lowest BCUT2D eigenvalue weighted by Gasteiger charge is -2.13. The summed E-state index contributed by atoms with van der Waals surface area (Å²) in [6, 6.07) is 9.75. The fourth-order valence-corrected chi connectivity index (χ4v) is 5.85. The van der Waals surface area contributed by atoms with Crippen LogP contribution in [0, 0.1) is 17.3 Å². The van der Waals surface area contributed by atoms with E-state index in [1.807, 2.05) is 12.1 Å². The molecule has 3 rings (SSSR count). The van der Waals surface area contributed by atoms with Gasteiger partial charge in [0.1, 0.15) is 18.9 Å². The van der Waals surface area contributed by atoms with Crippen LogP contribution in [0.5, 0.6) is 5.75 Å². The second-order valence-corrected chi connectivity index (χ2v) is 10.6. The van der Waals surface area contributed by atoms with Crippen LogP contribution in [0.2, 0.25) is 0 Å². The van der Waals surface area contributed by atoms with Gasteiger partial charge in [0.25, 0.3) is 16.8 Å². The Balaban J connectivity index is 1.71. The molecule has 178 valence electrons. The summed E-state index contributed by atoms with van der Waals surface area (Å²) in [5, 5.41) is 10.3. The molecule has 1 saturated heterocycles. The first-order valence-corrected chi connectivity index (χ1v) is 12.8. The van der Waals surface area contributed by atoms with Crippen LogP contribution in [0.3, 0.4) is 0 Å². The third-order valence-electron chi connectivity index (χ3n) is 4.38. The number of amides is 2. The normalized spacial score (nSPS) is 14.7. The Kier molecular flexibility index (Phi) is 8.92. The number of hydrogen-bond acceptors (Lipinski definition) is 8. The number of thioether (sulfide) groups is 1. The Labute approximate surface area is 226 Å². The number of nitro benzene ring substituents is 1. The van der Waals surface area contributed by atoms with E-state index in [1.165, 1.54) is 12.1 Å². The van der Waals surface area contributed by atoms with Gasteiger partial charge in [-0.15, -0.1) is 0 Å². The van der Waals surface area contributed by atoms with Crippen molar-refractivity contribution in [2.45, 2.75) is 26.6 Å². The molecule has 12 heteroatoms. The van der Waals surface area contributed by atoms with Gasteiger partial charge in [-0.2, -0.15) is 0 Å². The van der Waals surface area contributed by atoms with E-state index >= 15 is 0 Å². The molecule has 2 aromatic carbocycles. The highest BCUT2D eigenvalue weighted by atomic mass is 127. The molecule has 0 aromatic heterocycles. The second-order valence-electron chi connectivity index (χ2n) is 7.33. The number of carbonyl (C=O) groups is 3. The highest BCUT2D eigenvalue weighted by Crippen LogP contribution is 2.35. The van der Waals surface area contributed by atoms with E-state index in [-0.39, 0.29) is 23.3 Å². The molecule has 0 radical (unpaired) electrons. The van der Waals surface area contributed by atoms with E-state index < -0.39 is 28.6 Å². The molecular weight excluding hydrogens is 690 g/mol. The van der Waals surface area contributed by atoms with Gasteiger partial charge < -0.3 is 9.47 Å². The number of carbonyl (C=O) groups excluding carboxylic acids is 3. The minimum absolute atomic E-state index is 0.0125. The number of halogens is 2. The molecule has 0 atom stereocenters. The Morgan fingerprint density at radius 3 is 2.35 bits per heavy atom. The molecule has 1 fully saturated rings. The predicted octanol–water partition coefficient (Wildman–Crippen LogP) is 5.37. The van der Waals surface area contributed by atoms with Crippen LogP contribution in [-0.4, -0.2) is 39.6 Å². The van der Waals surface area contributed by atoms with Crippen molar-refractivity contribution < 1.29 is 28.8 Å². The first-order valence-electron chi connectivity index (χ1n) is 9.85. The number of esters is 1. The van der Waals surface area contributed by atoms with Crippen LogP contribution in [0.4, 0.5) is 10.5 Å². The zero-order chi connectivity index (χ0) is 25.0. The van der Waals surface area contributed by atoms with E-state index in [9.17, 15) is 24.5 Å². The van der Waals surface area contributed by atoms with Crippen molar-refractivity contribution in [1.82, 2.24) is 4.90 Å². The molecule has 1 heterocycles. The van der Waals surface area contributed by atoms with Crippen molar-refractivity contribution in [3.63, 3.8) is 0 Å². The number of benzene rings is 2. The number of rotatable bonds is 8. The summed E-state index contributed by atoms with van der Waals surface area (Å²) in [5.74, 6) is -0.544. The van der Waals surface area contributed by atoms with E-state index in [4.69, 9.17) is 9.47 Å². The molecule has 0 aliphatic carbocycles. The summed E-state index contributed by atoms with van der Waals surface area (Å²) in [7, 11) is 0. The lowest BCUT2D eigenvalue weighted by atomic mass is 10.2. The smallest absolute Gasteiger partial charge is 0.326 e. The molecule has 1 aliphatic rings. The molecule has 2 amide bonds. The molecule has 9 nitrogen and oxygen atoms in total. The Morgan fingerprint density at radius 2 is 1.79 bits per heavy atom. The summed E-state index contributed by atoms with van der Waals surface area (Å²) in [6.07, 6.45) is 1.26. The second kappa shape index (κ2) is 11.5. The van der Waals surface area contributed by atoms with Crippen LogP contribution in [0.15, 0.2) is 41.3 Å². The van der Waals surface area contributed by atoms with Crippen LogP contribution in [0.25, 0.3) is 6.08 Å². The van der Waals surface area contributed by atoms with Crippen molar-refractivity contribution in [2.24, 2.45) is 0 Å². The molecule has 1 aliphatic heterocycles. The maximum atomic E-state index is 12.6. The van der Waals surface area contributed by atoms with Crippen LogP contribution >= 0.6 is 56.9 Å². The lowest BCUT2D eigenvalue weighted by molar-refractivity contribution is -0.384. The Morgan fingerprint density at radius 1 is 1.18 bits per heavy atom. The third kappa shape index (κ3) is 6.69. The number of nitro groups is 1. The van der Waals surface area contributed by atoms with Crippen molar-refractivity contribution in [3.05, 3.63) is 69.7 Å². The largest absolute Gasteiger partial charge is 0.487 e. The van der Waals surface area contributed by atoms with Crippen molar-refractivity contribution in [3.8, 4) is 5.75 Å². The van der Waals surface area contributed by atoms with Crippen molar-refractivity contribution in [2.75, 3.05) is 6.54 Å². The van der Waals surface area contributed by atoms with Gasteiger partial charge in [-0.25, -0.2) is 0 Å². The predicted molar refractivity (Wildman–Crippen MR) is 143 cm³/mol. The standard InChI is InChI=1S/C22H18I2N2O7S/c1-12(2)33-19(27)10-25-21(28)18(34-22(25)29)9-14-7-16(23)20(17(24)8-14)32-11-13-3-5-15(6-4-13)26(30)31/h3-9,12H,10-11H2,1-2H3/b18-9+. The van der Waals surface area contributed by atoms with Crippen LogP contribution < -0.4 is 4.74 Å². The summed E-state index contributed by atoms with van der Waals surface area (Å²) in [6.45, 7) is 3.18. The summed E-state index contributed by atoms with van der Waals surface area (Å²) in [5.41, 5.74) is 1.50. The molecule has 0 N–H and O–H groups in total. The minimum Gasteiger partial charge on any atom is -0.487 e.